The maximum atomic E-state index is 10.4. The van der Waals surface area contributed by atoms with E-state index >= 15 is 0 Å². The highest BCUT2D eigenvalue weighted by atomic mass is 35.5. The van der Waals surface area contributed by atoms with Crippen LogP contribution in [-0.2, 0) is 0 Å². The molecule has 2 aromatic rings. The number of likely N-dealkylation sites (tertiary alicyclic amines) is 1. The van der Waals surface area contributed by atoms with Crippen molar-refractivity contribution in [3.05, 3.63) is 48.0 Å². The lowest BCUT2D eigenvalue weighted by molar-refractivity contribution is 0.134. The lowest BCUT2D eigenvalue weighted by atomic mass is 10.0. The zero-order valence-corrected chi connectivity index (χ0v) is 13.2. The standard InChI is InChI=1S/C18H23NO.ClH/c20-18(10-13-19-11-4-1-5-12-19)17-9-8-15-6-2-3-7-16(15)14-17;/h2-3,6-9,14,18,20H,1,4-5,10-13H2;1H. The molecule has 21 heavy (non-hydrogen) atoms. The molecule has 2 nitrogen and oxygen atoms in total. The van der Waals surface area contributed by atoms with Gasteiger partial charge in [-0.3, -0.25) is 0 Å². The molecule has 1 heterocycles. The van der Waals surface area contributed by atoms with Gasteiger partial charge in [0.15, 0.2) is 0 Å². The van der Waals surface area contributed by atoms with Gasteiger partial charge in [-0.25, -0.2) is 0 Å². The van der Waals surface area contributed by atoms with Gasteiger partial charge >= 0.3 is 0 Å². The Morgan fingerprint density at radius 1 is 0.952 bits per heavy atom. The lowest BCUT2D eigenvalue weighted by Crippen LogP contribution is -2.31. The molecule has 1 atom stereocenters. The number of nitrogens with zero attached hydrogens (tertiary/aromatic N) is 1. The minimum Gasteiger partial charge on any atom is -0.388 e. The highest BCUT2D eigenvalue weighted by Crippen LogP contribution is 2.23. The molecule has 3 heteroatoms. The number of aliphatic hydroxyl groups is 1. The minimum absolute atomic E-state index is 0. The van der Waals surface area contributed by atoms with Crippen molar-refractivity contribution in [3.8, 4) is 0 Å². The summed E-state index contributed by atoms with van der Waals surface area (Å²) >= 11 is 0. The van der Waals surface area contributed by atoms with Crippen LogP contribution in [0, 0.1) is 0 Å². The van der Waals surface area contributed by atoms with Crippen LogP contribution in [-0.4, -0.2) is 29.6 Å². The van der Waals surface area contributed by atoms with Crippen LogP contribution in [0.4, 0.5) is 0 Å². The first-order valence-electron chi connectivity index (χ1n) is 7.72. The van der Waals surface area contributed by atoms with Crippen LogP contribution in [0.15, 0.2) is 42.5 Å². The van der Waals surface area contributed by atoms with Crippen molar-refractivity contribution >= 4 is 23.2 Å². The van der Waals surface area contributed by atoms with Gasteiger partial charge < -0.3 is 10.0 Å². The van der Waals surface area contributed by atoms with Crippen LogP contribution >= 0.6 is 12.4 Å². The van der Waals surface area contributed by atoms with Crippen LogP contribution in [0.25, 0.3) is 10.8 Å². The molecule has 0 aliphatic carbocycles. The van der Waals surface area contributed by atoms with E-state index in [0.717, 1.165) is 18.5 Å². The maximum Gasteiger partial charge on any atom is 0.0802 e. The summed E-state index contributed by atoms with van der Waals surface area (Å²) in [5, 5.41) is 12.8. The number of hydrogen-bond acceptors (Lipinski definition) is 2. The highest BCUT2D eigenvalue weighted by Gasteiger charge is 2.13. The van der Waals surface area contributed by atoms with Gasteiger partial charge in [0, 0.05) is 6.54 Å². The number of piperidine rings is 1. The van der Waals surface area contributed by atoms with Crippen LogP contribution in [0.2, 0.25) is 0 Å². The van der Waals surface area contributed by atoms with E-state index in [4.69, 9.17) is 0 Å². The molecule has 0 spiro atoms. The minimum atomic E-state index is -0.346. The molecule has 0 radical (unpaired) electrons. The van der Waals surface area contributed by atoms with E-state index in [9.17, 15) is 5.11 Å². The molecule has 2 aromatic carbocycles. The summed E-state index contributed by atoms with van der Waals surface area (Å²) in [5.41, 5.74) is 1.04. The molecule has 0 saturated carbocycles. The molecule has 1 fully saturated rings. The van der Waals surface area contributed by atoms with Gasteiger partial charge in [-0.05, 0) is 54.8 Å². The summed E-state index contributed by atoms with van der Waals surface area (Å²) in [6, 6.07) is 14.6. The smallest absolute Gasteiger partial charge is 0.0802 e. The molecule has 0 amide bonds. The van der Waals surface area contributed by atoms with Gasteiger partial charge in [0.05, 0.1) is 6.10 Å². The summed E-state index contributed by atoms with van der Waals surface area (Å²) in [7, 11) is 0. The zero-order chi connectivity index (χ0) is 13.8. The first-order valence-corrected chi connectivity index (χ1v) is 7.72. The zero-order valence-electron chi connectivity index (χ0n) is 12.4. The van der Waals surface area contributed by atoms with E-state index in [0.29, 0.717) is 0 Å². The summed E-state index contributed by atoms with van der Waals surface area (Å²) in [5.74, 6) is 0. The Kier molecular flexibility index (Phi) is 6.04. The molecule has 1 unspecified atom stereocenters. The molecule has 0 aromatic heterocycles. The van der Waals surface area contributed by atoms with Crippen LogP contribution in [0.5, 0.6) is 0 Å². The Morgan fingerprint density at radius 2 is 1.67 bits per heavy atom. The first-order chi connectivity index (χ1) is 9.83. The van der Waals surface area contributed by atoms with Crippen LogP contribution in [0.3, 0.4) is 0 Å². The summed E-state index contributed by atoms with van der Waals surface area (Å²) in [6.07, 6.45) is 4.47. The second kappa shape index (κ2) is 7.79. The van der Waals surface area contributed by atoms with Crippen molar-refractivity contribution in [1.29, 1.82) is 0 Å². The van der Waals surface area contributed by atoms with E-state index < -0.39 is 0 Å². The second-order valence-electron chi connectivity index (χ2n) is 5.81. The van der Waals surface area contributed by atoms with Crippen molar-refractivity contribution in [2.45, 2.75) is 31.8 Å². The first kappa shape index (κ1) is 16.3. The van der Waals surface area contributed by atoms with Crippen LogP contribution < -0.4 is 0 Å². The third-order valence-electron chi connectivity index (χ3n) is 4.33. The van der Waals surface area contributed by atoms with E-state index in [1.54, 1.807) is 0 Å². The topological polar surface area (TPSA) is 23.5 Å². The van der Waals surface area contributed by atoms with E-state index in [1.807, 2.05) is 6.07 Å². The lowest BCUT2D eigenvalue weighted by Gasteiger charge is -2.27. The highest BCUT2D eigenvalue weighted by molar-refractivity contribution is 5.85. The Morgan fingerprint density at radius 3 is 2.43 bits per heavy atom. The third kappa shape index (κ3) is 4.19. The van der Waals surface area contributed by atoms with Crippen molar-refractivity contribution in [1.82, 2.24) is 4.90 Å². The molecule has 1 aliphatic heterocycles. The quantitative estimate of drug-likeness (QED) is 0.916. The van der Waals surface area contributed by atoms with Gasteiger partial charge in [0.25, 0.3) is 0 Å². The second-order valence-corrected chi connectivity index (χ2v) is 5.81. The Bertz CT molecular complexity index is 566. The summed E-state index contributed by atoms with van der Waals surface area (Å²) in [6.45, 7) is 3.41. The van der Waals surface area contributed by atoms with Gasteiger partial charge in [-0.1, -0.05) is 42.8 Å². The molecule has 1 N–H and O–H groups in total. The predicted octanol–water partition coefficient (Wildman–Crippen LogP) is 4.17. The van der Waals surface area contributed by atoms with E-state index in [1.165, 1.54) is 43.1 Å². The SMILES string of the molecule is Cl.OC(CCN1CCCCC1)c1ccc2ccccc2c1. The molecule has 114 valence electrons. The van der Waals surface area contributed by atoms with Crippen molar-refractivity contribution in [2.24, 2.45) is 0 Å². The summed E-state index contributed by atoms with van der Waals surface area (Å²) in [4.78, 5) is 2.48. The van der Waals surface area contributed by atoms with E-state index in [-0.39, 0.29) is 18.5 Å². The fraction of sp³-hybridized carbons (Fsp3) is 0.444. The molecule has 1 aliphatic rings. The van der Waals surface area contributed by atoms with E-state index in [2.05, 4.69) is 41.3 Å². The maximum absolute atomic E-state index is 10.4. The van der Waals surface area contributed by atoms with Gasteiger partial charge in [-0.15, -0.1) is 12.4 Å². The fourth-order valence-corrected chi connectivity index (χ4v) is 3.07. The van der Waals surface area contributed by atoms with Crippen molar-refractivity contribution in [2.75, 3.05) is 19.6 Å². The molecular formula is C18H24ClNO. The summed E-state index contributed by atoms with van der Waals surface area (Å²) < 4.78 is 0. The Labute approximate surface area is 133 Å². The fourth-order valence-electron chi connectivity index (χ4n) is 3.07. The number of hydrogen-bond donors (Lipinski definition) is 1. The average molecular weight is 306 g/mol. The van der Waals surface area contributed by atoms with Crippen LogP contribution in [0.1, 0.15) is 37.4 Å². The van der Waals surface area contributed by atoms with Gasteiger partial charge in [0.2, 0.25) is 0 Å². The Balaban J connectivity index is 0.00000161. The number of fused-ring (bicyclic) bond motifs is 1. The predicted molar refractivity (Wildman–Crippen MR) is 91.1 cm³/mol. The number of rotatable bonds is 4. The monoisotopic (exact) mass is 305 g/mol. The van der Waals surface area contributed by atoms with Crippen molar-refractivity contribution < 1.29 is 5.11 Å². The average Bonchev–Trinajstić information content (AvgIpc) is 2.53. The molecule has 0 bridgehead atoms. The number of halogens is 1. The number of benzene rings is 2. The van der Waals surface area contributed by atoms with Gasteiger partial charge in [0.1, 0.15) is 0 Å². The Hall–Kier alpha value is -1.09. The van der Waals surface area contributed by atoms with Crippen molar-refractivity contribution in [3.63, 3.8) is 0 Å². The third-order valence-corrected chi connectivity index (χ3v) is 4.33. The number of aliphatic hydroxyl groups excluding tert-OH is 1. The molecule has 3 rings (SSSR count). The van der Waals surface area contributed by atoms with Gasteiger partial charge in [-0.2, -0.15) is 0 Å². The molecule has 1 saturated heterocycles. The molecular weight excluding hydrogens is 282 g/mol. The largest absolute Gasteiger partial charge is 0.388 e. The normalized spacial score (nSPS) is 17.4.